The summed E-state index contributed by atoms with van der Waals surface area (Å²) in [6, 6.07) is 17.8. The van der Waals surface area contributed by atoms with Crippen LogP contribution in [-0.4, -0.2) is 14.5 Å². The Morgan fingerprint density at radius 1 is 1.00 bits per heavy atom. The number of aryl methyl sites for hydroxylation is 1. The maximum absolute atomic E-state index is 13.0. The van der Waals surface area contributed by atoms with Gasteiger partial charge < -0.3 is 0 Å². The van der Waals surface area contributed by atoms with Gasteiger partial charge in [-0.3, -0.25) is 0 Å². The first kappa shape index (κ1) is 15.0. The fourth-order valence-corrected chi connectivity index (χ4v) is 4.99. The van der Waals surface area contributed by atoms with Crippen LogP contribution in [0.15, 0.2) is 54.6 Å². The van der Waals surface area contributed by atoms with Crippen LogP contribution in [0.25, 0.3) is 10.0 Å². The molecule has 0 amide bonds. The van der Waals surface area contributed by atoms with E-state index in [0.717, 1.165) is 12.0 Å². The third-order valence-electron chi connectivity index (χ3n) is 3.47. The first-order chi connectivity index (χ1) is 10.1. The molecule has 0 fully saturated rings. The monoisotopic (exact) mass is 456 g/mol. The molecule has 0 unspecified atom stereocenters. The molecule has 106 valence electrons. The molecule has 2 aromatic carbocycles. The van der Waals surface area contributed by atoms with Crippen molar-refractivity contribution in [1.29, 1.82) is 0 Å². The van der Waals surface area contributed by atoms with E-state index in [1.807, 2.05) is 12.1 Å². The molecule has 0 aliphatic rings. The van der Waals surface area contributed by atoms with Crippen molar-refractivity contribution >= 4 is 37.1 Å². The topological polar surface area (TPSA) is 0 Å². The Morgan fingerprint density at radius 3 is 2.52 bits per heavy atom. The molecule has 3 rings (SSSR count). The molecular weight excluding hydrogens is 441 g/mol. The summed E-state index contributed by atoms with van der Waals surface area (Å²) in [5.41, 5.74) is 3.90. The SMILES string of the molecule is Cc1ccc(I)cc1Cc1ccc(-c2ccc(F)cc2)[se]1. The maximum atomic E-state index is 13.0. The first-order valence-corrected chi connectivity index (χ1v) is 9.51. The zero-order chi connectivity index (χ0) is 14.8. The average Bonchev–Trinajstić information content (AvgIpc) is 2.92. The molecule has 0 aliphatic carbocycles. The number of halogens is 2. The van der Waals surface area contributed by atoms with Crippen molar-refractivity contribution in [3.63, 3.8) is 0 Å². The first-order valence-electron chi connectivity index (χ1n) is 6.71. The van der Waals surface area contributed by atoms with Gasteiger partial charge in [0.2, 0.25) is 0 Å². The summed E-state index contributed by atoms with van der Waals surface area (Å²) < 4.78 is 17.1. The van der Waals surface area contributed by atoms with Gasteiger partial charge in [-0.25, -0.2) is 0 Å². The van der Waals surface area contributed by atoms with Crippen LogP contribution < -0.4 is 0 Å². The number of hydrogen-bond donors (Lipinski definition) is 0. The molecule has 0 bridgehead atoms. The molecule has 0 nitrogen and oxygen atoms in total. The molecular formula is C18H14FISe. The summed E-state index contributed by atoms with van der Waals surface area (Å²) in [5.74, 6) is -0.174. The molecule has 0 atom stereocenters. The van der Waals surface area contributed by atoms with E-state index in [2.05, 4.69) is 59.8 Å². The van der Waals surface area contributed by atoms with Crippen LogP contribution >= 0.6 is 22.6 Å². The Morgan fingerprint density at radius 2 is 1.76 bits per heavy atom. The molecule has 0 N–H and O–H groups in total. The molecule has 1 heterocycles. The van der Waals surface area contributed by atoms with Gasteiger partial charge in [0.25, 0.3) is 0 Å². The Bertz CT molecular complexity index is 759. The van der Waals surface area contributed by atoms with Crippen LogP contribution in [0.3, 0.4) is 0 Å². The van der Waals surface area contributed by atoms with E-state index >= 15 is 0 Å². The molecule has 3 heteroatoms. The van der Waals surface area contributed by atoms with Gasteiger partial charge in [-0.15, -0.1) is 0 Å². The van der Waals surface area contributed by atoms with Gasteiger partial charge in [0.05, 0.1) is 0 Å². The predicted molar refractivity (Wildman–Crippen MR) is 95.5 cm³/mol. The average molecular weight is 455 g/mol. The Labute approximate surface area is 143 Å². The molecule has 0 aliphatic heterocycles. The zero-order valence-electron chi connectivity index (χ0n) is 11.6. The van der Waals surface area contributed by atoms with Gasteiger partial charge in [0.1, 0.15) is 0 Å². The van der Waals surface area contributed by atoms with Crippen LogP contribution in [0.4, 0.5) is 4.39 Å². The van der Waals surface area contributed by atoms with Crippen LogP contribution in [0.5, 0.6) is 0 Å². The second-order valence-corrected chi connectivity index (χ2v) is 8.72. The van der Waals surface area contributed by atoms with E-state index in [1.54, 1.807) is 0 Å². The molecule has 0 radical (unpaired) electrons. The standard InChI is InChI=1S/C18H14FISe/c1-12-2-7-16(20)10-14(12)11-17-8-9-18(21-17)13-3-5-15(19)6-4-13/h2-10H,11H2,1H3. The summed E-state index contributed by atoms with van der Waals surface area (Å²) in [5, 5.41) is 0. The minimum absolute atomic E-state index is 0.174. The van der Waals surface area contributed by atoms with E-state index in [1.165, 1.54) is 35.7 Å². The normalized spacial score (nSPS) is 10.8. The van der Waals surface area contributed by atoms with Crippen molar-refractivity contribution in [2.75, 3.05) is 0 Å². The molecule has 3 aromatic rings. The number of rotatable bonds is 3. The Kier molecular flexibility index (Phi) is 4.62. The predicted octanol–water partition coefficient (Wildman–Crippen LogP) is 5.05. The van der Waals surface area contributed by atoms with Gasteiger partial charge in [-0.1, -0.05) is 0 Å². The van der Waals surface area contributed by atoms with E-state index in [-0.39, 0.29) is 5.82 Å². The third-order valence-corrected chi connectivity index (χ3v) is 6.52. The number of hydrogen-bond acceptors (Lipinski definition) is 0. The van der Waals surface area contributed by atoms with Crippen LogP contribution in [0.2, 0.25) is 0 Å². The summed E-state index contributed by atoms with van der Waals surface area (Å²) in [7, 11) is 0. The van der Waals surface area contributed by atoms with Gasteiger partial charge >= 0.3 is 144 Å². The summed E-state index contributed by atoms with van der Waals surface area (Å²) >= 11 is 2.70. The van der Waals surface area contributed by atoms with Crippen molar-refractivity contribution in [3.8, 4) is 10.0 Å². The molecule has 1 aromatic heterocycles. The van der Waals surface area contributed by atoms with E-state index in [9.17, 15) is 4.39 Å². The van der Waals surface area contributed by atoms with E-state index in [0.29, 0.717) is 14.5 Å². The van der Waals surface area contributed by atoms with Gasteiger partial charge in [0, 0.05) is 0 Å². The zero-order valence-corrected chi connectivity index (χ0v) is 15.4. The summed E-state index contributed by atoms with van der Waals surface area (Å²) in [4.78, 5) is 0. The molecule has 0 spiro atoms. The summed E-state index contributed by atoms with van der Waals surface area (Å²) in [6.45, 7) is 2.17. The van der Waals surface area contributed by atoms with Crippen molar-refractivity contribution in [1.82, 2.24) is 0 Å². The van der Waals surface area contributed by atoms with Gasteiger partial charge in [-0.05, 0) is 0 Å². The van der Waals surface area contributed by atoms with Crippen LogP contribution in [0.1, 0.15) is 15.6 Å². The second-order valence-electron chi connectivity index (χ2n) is 5.02. The molecule has 0 saturated heterocycles. The fourth-order valence-electron chi connectivity index (χ4n) is 2.26. The van der Waals surface area contributed by atoms with E-state index < -0.39 is 0 Å². The van der Waals surface area contributed by atoms with Crippen molar-refractivity contribution < 1.29 is 4.39 Å². The van der Waals surface area contributed by atoms with Crippen molar-refractivity contribution in [3.05, 3.63) is 79.5 Å². The second kappa shape index (κ2) is 6.47. The summed E-state index contributed by atoms with van der Waals surface area (Å²) in [6.07, 6.45) is 1.02. The number of benzene rings is 2. The fraction of sp³-hybridized carbons (Fsp3) is 0.111. The molecule has 0 saturated carbocycles. The quantitative estimate of drug-likeness (QED) is 0.383. The van der Waals surface area contributed by atoms with Crippen LogP contribution in [-0.2, 0) is 6.42 Å². The molecule has 21 heavy (non-hydrogen) atoms. The van der Waals surface area contributed by atoms with Crippen molar-refractivity contribution in [2.45, 2.75) is 13.3 Å². The van der Waals surface area contributed by atoms with Crippen molar-refractivity contribution in [2.24, 2.45) is 0 Å². The van der Waals surface area contributed by atoms with Crippen LogP contribution in [0, 0.1) is 16.3 Å². The van der Waals surface area contributed by atoms with E-state index in [4.69, 9.17) is 0 Å². The van der Waals surface area contributed by atoms with Gasteiger partial charge in [-0.2, -0.15) is 0 Å². The van der Waals surface area contributed by atoms with Gasteiger partial charge in [0.15, 0.2) is 0 Å². The Balaban J connectivity index is 1.85. The minimum atomic E-state index is -0.174. The third kappa shape index (κ3) is 3.65. The Hall–Kier alpha value is -0.901.